The Kier molecular flexibility index (Phi) is 5.01. The Morgan fingerprint density at radius 2 is 2.00 bits per heavy atom. The Bertz CT molecular complexity index is 553. The van der Waals surface area contributed by atoms with Gasteiger partial charge in [0.25, 0.3) is 0 Å². The smallest absolute Gasteiger partial charge is 0.242 e. The molecule has 1 atom stereocenters. The van der Waals surface area contributed by atoms with Crippen molar-refractivity contribution < 1.29 is 13.5 Å². The van der Waals surface area contributed by atoms with Gasteiger partial charge in [0.15, 0.2) is 0 Å². The van der Waals surface area contributed by atoms with Gasteiger partial charge in [-0.1, -0.05) is 31.5 Å². The van der Waals surface area contributed by atoms with Gasteiger partial charge < -0.3 is 5.11 Å². The molecule has 2 N–H and O–H groups in total. The molecule has 0 aliphatic rings. The SMILES string of the molecule is Cc1ccc(S(=O)(=O)NCC(C)(O)C(C)C)c(Cl)c1. The molecule has 0 aliphatic carbocycles. The van der Waals surface area contributed by atoms with Crippen molar-refractivity contribution in [2.24, 2.45) is 5.92 Å². The third-order valence-electron chi connectivity index (χ3n) is 3.24. The van der Waals surface area contributed by atoms with Crippen molar-refractivity contribution in [1.82, 2.24) is 4.72 Å². The molecule has 0 aliphatic heterocycles. The molecule has 1 aromatic rings. The zero-order valence-electron chi connectivity index (χ0n) is 11.6. The van der Waals surface area contributed by atoms with Gasteiger partial charge >= 0.3 is 0 Å². The van der Waals surface area contributed by atoms with E-state index in [1.807, 2.05) is 20.8 Å². The minimum Gasteiger partial charge on any atom is -0.389 e. The lowest BCUT2D eigenvalue weighted by atomic mass is 9.93. The third kappa shape index (κ3) is 4.18. The summed E-state index contributed by atoms with van der Waals surface area (Å²) in [6.07, 6.45) is 0. The average Bonchev–Trinajstić information content (AvgIpc) is 2.26. The number of hydrogen-bond acceptors (Lipinski definition) is 3. The van der Waals surface area contributed by atoms with Crippen LogP contribution in [0.2, 0.25) is 5.02 Å². The number of benzene rings is 1. The molecular formula is C13H20ClNO3S. The van der Waals surface area contributed by atoms with Gasteiger partial charge in [-0.3, -0.25) is 0 Å². The van der Waals surface area contributed by atoms with E-state index in [0.717, 1.165) is 5.56 Å². The fourth-order valence-corrected chi connectivity index (χ4v) is 3.09. The van der Waals surface area contributed by atoms with E-state index in [9.17, 15) is 13.5 Å². The Labute approximate surface area is 119 Å². The van der Waals surface area contributed by atoms with Crippen LogP contribution in [0.5, 0.6) is 0 Å². The summed E-state index contributed by atoms with van der Waals surface area (Å²) < 4.78 is 26.6. The van der Waals surface area contributed by atoms with Crippen LogP contribution in [0.15, 0.2) is 23.1 Å². The maximum absolute atomic E-state index is 12.1. The van der Waals surface area contributed by atoms with Crippen molar-refractivity contribution in [3.05, 3.63) is 28.8 Å². The lowest BCUT2D eigenvalue weighted by molar-refractivity contribution is 0.0190. The van der Waals surface area contributed by atoms with E-state index in [2.05, 4.69) is 4.72 Å². The summed E-state index contributed by atoms with van der Waals surface area (Å²) in [4.78, 5) is 0.0272. The Morgan fingerprint density at radius 1 is 1.42 bits per heavy atom. The highest BCUT2D eigenvalue weighted by Gasteiger charge is 2.28. The van der Waals surface area contributed by atoms with Crippen LogP contribution in [0.4, 0.5) is 0 Å². The minimum absolute atomic E-state index is 0.0272. The zero-order valence-corrected chi connectivity index (χ0v) is 13.1. The summed E-state index contributed by atoms with van der Waals surface area (Å²) in [6, 6.07) is 4.74. The second-order valence-corrected chi connectivity index (χ2v) is 7.41. The van der Waals surface area contributed by atoms with Gasteiger partial charge in [0.2, 0.25) is 10.0 Å². The molecule has 0 amide bonds. The highest BCUT2D eigenvalue weighted by molar-refractivity contribution is 7.89. The maximum atomic E-state index is 12.1. The van der Waals surface area contributed by atoms with Crippen LogP contribution >= 0.6 is 11.6 Å². The van der Waals surface area contributed by atoms with E-state index < -0.39 is 15.6 Å². The lowest BCUT2D eigenvalue weighted by Crippen LogP contribution is -2.44. The monoisotopic (exact) mass is 305 g/mol. The van der Waals surface area contributed by atoms with Gasteiger partial charge in [-0.05, 0) is 37.5 Å². The highest BCUT2D eigenvalue weighted by Crippen LogP contribution is 2.23. The summed E-state index contributed by atoms with van der Waals surface area (Å²) in [5, 5.41) is 10.2. The molecule has 108 valence electrons. The standard InChI is InChI=1S/C13H20ClNO3S/c1-9(2)13(4,16)8-15-19(17,18)12-6-5-10(3)7-11(12)14/h5-7,9,15-16H,8H2,1-4H3. The molecule has 0 aromatic heterocycles. The predicted molar refractivity (Wildman–Crippen MR) is 76.8 cm³/mol. The molecule has 0 saturated heterocycles. The summed E-state index contributed by atoms with van der Waals surface area (Å²) in [5.41, 5.74) is -0.220. The number of aliphatic hydroxyl groups is 1. The van der Waals surface area contributed by atoms with Gasteiger partial charge in [0.1, 0.15) is 4.90 Å². The van der Waals surface area contributed by atoms with E-state index >= 15 is 0 Å². The van der Waals surface area contributed by atoms with Gasteiger partial charge in [0, 0.05) is 6.54 Å². The van der Waals surface area contributed by atoms with Gasteiger partial charge in [-0.25, -0.2) is 13.1 Å². The molecule has 1 unspecified atom stereocenters. The maximum Gasteiger partial charge on any atom is 0.242 e. The molecule has 19 heavy (non-hydrogen) atoms. The van der Waals surface area contributed by atoms with E-state index in [0.29, 0.717) is 0 Å². The summed E-state index contributed by atoms with van der Waals surface area (Å²) in [6.45, 7) is 7.02. The fraction of sp³-hybridized carbons (Fsp3) is 0.538. The number of aryl methyl sites for hydroxylation is 1. The van der Waals surface area contributed by atoms with E-state index in [4.69, 9.17) is 11.6 Å². The van der Waals surface area contributed by atoms with Gasteiger partial charge in [-0.15, -0.1) is 0 Å². The molecule has 0 bridgehead atoms. The van der Waals surface area contributed by atoms with Crippen molar-refractivity contribution in [2.75, 3.05) is 6.54 Å². The third-order valence-corrected chi connectivity index (χ3v) is 5.12. The van der Waals surface area contributed by atoms with Crippen LogP contribution in [0.25, 0.3) is 0 Å². The number of sulfonamides is 1. The largest absolute Gasteiger partial charge is 0.389 e. The molecule has 0 heterocycles. The highest BCUT2D eigenvalue weighted by atomic mass is 35.5. The first-order valence-electron chi connectivity index (χ1n) is 6.04. The van der Waals surface area contributed by atoms with Crippen molar-refractivity contribution in [3.63, 3.8) is 0 Å². The minimum atomic E-state index is -3.72. The van der Waals surface area contributed by atoms with Crippen molar-refractivity contribution in [3.8, 4) is 0 Å². The molecular weight excluding hydrogens is 286 g/mol. The Morgan fingerprint density at radius 3 is 2.47 bits per heavy atom. The second-order valence-electron chi connectivity index (χ2n) is 5.27. The van der Waals surface area contributed by atoms with Crippen LogP contribution in [0, 0.1) is 12.8 Å². The first-order valence-corrected chi connectivity index (χ1v) is 7.90. The molecule has 0 spiro atoms. The van der Waals surface area contributed by atoms with E-state index in [1.165, 1.54) is 6.07 Å². The summed E-state index contributed by atoms with van der Waals surface area (Å²) in [7, 11) is -3.72. The van der Waals surface area contributed by atoms with Crippen LogP contribution < -0.4 is 4.72 Å². The molecule has 0 radical (unpaired) electrons. The Hall–Kier alpha value is -0.620. The molecule has 1 rings (SSSR count). The van der Waals surface area contributed by atoms with Crippen molar-refractivity contribution in [1.29, 1.82) is 0 Å². The van der Waals surface area contributed by atoms with Crippen molar-refractivity contribution >= 4 is 21.6 Å². The number of nitrogens with one attached hydrogen (secondary N) is 1. The number of hydrogen-bond donors (Lipinski definition) is 2. The van der Waals surface area contributed by atoms with Crippen LogP contribution in [0.1, 0.15) is 26.3 Å². The number of halogens is 1. The van der Waals surface area contributed by atoms with Crippen molar-refractivity contribution in [2.45, 2.75) is 38.2 Å². The molecule has 6 heteroatoms. The predicted octanol–water partition coefficient (Wildman–Crippen LogP) is 2.33. The normalized spacial score (nSPS) is 15.5. The van der Waals surface area contributed by atoms with Crippen LogP contribution in [-0.4, -0.2) is 25.7 Å². The number of rotatable bonds is 5. The zero-order chi connectivity index (χ0) is 14.8. The molecule has 0 fully saturated rings. The molecule has 4 nitrogen and oxygen atoms in total. The first-order chi connectivity index (χ1) is 8.56. The fourth-order valence-electron chi connectivity index (χ4n) is 1.35. The van der Waals surface area contributed by atoms with E-state index in [1.54, 1.807) is 19.1 Å². The first kappa shape index (κ1) is 16.4. The van der Waals surface area contributed by atoms with Gasteiger partial charge in [0.05, 0.1) is 10.6 Å². The van der Waals surface area contributed by atoms with Gasteiger partial charge in [-0.2, -0.15) is 0 Å². The average molecular weight is 306 g/mol. The quantitative estimate of drug-likeness (QED) is 0.877. The van der Waals surface area contributed by atoms with E-state index in [-0.39, 0.29) is 22.4 Å². The lowest BCUT2D eigenvalue weighted by Gasteiger charge is -2.27. The molecule has 1 aromatic carbocycles. The summed E-state index contributed by atoms with van der Waals surface area (Å²) >= 11 is 5.94. The van der Waals surface area contributed by atoms with Crippen LogP contribution in [-0.2, 0) is 10.0 Å². The second kappa shape index (κ2) is 5.79. The topological polar surface area (TPSA) is 66.4 Å². The summed E-state index contributed by atoms with van der Waals surface area (Å²) in [5.74, 6) is -0.0660. The molecule has 0 saturated carbocycles. The van der Waals surface area contributed by atoms with Crippen LogP contribution in [0.3, 0.4) is 0 Å². The Balaban J connectivity index is 2.94.